The molecule has 1 aromatic heterocycles. The predicted octanol–water partition coefficient (Wildman–Crippen LogP) is 4.27. The second kappa shape index (κ2) is 15.0. The first kappa shape index (κ1) is 33.8. The van der Waals surface area contributed by atoms with Gasteiger partial charge >= 0.3 is 11.7 Å². The fourth-order valence-electron chi connectivity index (χ4n) is 7.06. The number of hydrogen-bond donors (Lipinski definition) is 3. The number of benzene rings is 2. The van der Waals surface area contributed by atoms with E-state index in [1.54, 1.807) is 21.6 Å². The van der Waals surface area contributed by atoms with Crippen LogP contribution in [-0.4, -0.2) is 118 Å². The molecule has 11 nitrogen and oxygen atoms in total. The first-order valence-corrected chi connectivity index (χ1v) is 18.0. The second-order valence-corrected chi connectivity index (χ2v) is 14.7. The topological polar surface area (TPSA) is 117 Å². The summed E-state index contributed by atoms with van der Waals surface area (Å²) in [6.07, 6.45) is 5.27. The number of nitrogens with zero attached hydrogens (tertiary/aromatic N) is 5. The van der Waals surface area contributed by atoms with Crippen LogP contribution in [0.4, 0.5) is 4.79 Å². The number of likely N-dealkylation sites (tertiary alicyclic amines) is 2. The highest BCUT2D eigenvalue weighted by molar-refractivity contribution is 9.11. The van der Waals surface area contributed by atoms with E-state index in [-0.39, 0.29) is 35.8 Å². The number of aromatic nitrogens is 2. The molecule has 0 unspecified atom stereocenters. The Morgan fingerprint density at radius 2 is 1.49 bits per heavy atom. The van der Waals surface area contributed by atoms with Crippen LogP contribution >= 0.6 is 31.9 Å². The van der Waals surface area contributed by atoms with E-state index in [1.807, 2.05) is 41.4 Å². The van der Waals surface area contributed by atoms with Gasteiger partial charge in [0.1, 0.15) is 11.8 Å². The zero-order valence-corrected chi connectivity index (χ0v) is 29.9. The molecule has 2 aromatic carbocycles. The van der Waals surface area contributed by atoms with E-state index in [9.17, 15) is 19.5 Å². The molecule has 13 heteroatoms. The average Bonchev–Trinajstić information content (AvgIpc) is 3.48. The quantitative estimate of drug-likeness (QED) is 0.331. The normalized spacial score (nSPS) is 19.6. The summed E-state index contributed by atoms with van der Waals surface area (Å²) in [5.74, 6) is 0.00429. The third kappa shape index (κ3) is 7.96. The van der Waals surface area contributed by atoms with Crippen LogP contribution in [0.1, 0.15) is 37.3 Å². The summed E-state index contributed by atoms with van der Waals surface area (Å²) in [4.78, 5) is 52.0. The maximum Gasteiger partial charge on any atom is 0.326 e. The summed E-state index contributed by atoms with van der Waals surface area (Å²) < 4.78 is 2.78. The number of urea groups is 1. The van der Waals surface area contributed by atoms with Crippen molar-refractivity contribution in [2.45, 2.75) is 50.2 Å². The van der Waals surface area contributed by atoms with Crippen LogP contribution in [0.5, 0.6) is 5.75 Å². The number of likely N-dealkylation sites (N-methyl/N-ethyl adjacent to an activating group) is 1. The van der Waals surface area contributed by atoms with Gasteiger partial charge in [0.2, 0.25) is 5.91 Å². The summed E-state index contributed by atoms with van der Waals surface area (Å²) in [5, 5.41) is 13.3. The summed E-state index contributed by atoms with van der Waals surface area (Å²) in [5.41, 5.74) is 2.39. The highest BCUT2D eigenvalue weighted by atomic mass is 79.9. The zero-order valence-electron chi connectivity index (χ0n) is 26.7. The number of hydrogen-bond acceptors (Lipinski definition) is 6. The van der Waals surface area contributed by atoms with Gasteiger partial charge in [0.25, 0.3) is 0 Å². The van der Waals surface area contributed by atoms with E-state index < -0.39 is 6.04 Å². The summed E-state index contributed by atoms with van der Waals surface area (Å²) in [6.45, 7) is 6.52. The number of phenolic OH excluding ortho intramolecular Hbond substituents is 1. The highest BCUT2D eigenvalue weighted by Crippen LogP contribution is 2.34. The van der Waals surface area contributed by atoms with Gasteiger partial charge in [-0.3, -0.25) is 14.3 Å². The van der Waals surface area contributed by atoms with Crippen molar-refractivity contribution in [3.05, 3.63) is 73.7 Å². The molecule has 3 aromatic rings. The summed E-state index contributed by atoms with van der Waals surface area (Å²) >= 11 is 6.80. The van der Waals surface area contributed by atoms with E-state index in [2.05, 4.69) is 59.0 Å². The van der Waals surface area contributed by atoms with Gasteiger partial charge in [-0.25, -0.2) is 9.59 Å². The van der Waals surface area contributed by atoms with Gasteiger partial charge in [0.05, 0.1) is 14.6 Å². The Labute approximate surface area is 292 Å². The van der Waals surface area contributed by atoms with Crippen molar-refractivity contribution < 1.29 is 14.7 Å². The van der Waals surface area contributed by atoms with Crippen LogP contribution in [0.2, 0.25) is 0 Å². The highest BCUT2D eigenvalue weighted by Gasteiger charge is 2.34. The molecular weight excluding hydrogens is 730 g/mol. The SMILES string of the molecule is CN1CCN(C2CCN(C(=O)[C@@H](Cc3cc(Br)c(O)c(Br)c3)NC(=O)N3CCC(n4cc(-c5ccccc5)[nH]c4=O)CC3)CC2)CC1. The molecule has 0 bridgehead atoms. The van der Waals surface area contributed by atoms with Crippen LogP contribution in [0.3, 0.4) is 0 Å². The Bertz CT molecular complexity index is 1580. The van der Waals surface area contributed by atoms with Gasteiger partial charge in [-0.1, -0.05) is 30.3 Å². The standard InChI is InChI=1S/C34H43Br2N7O4/c1-39-15-17-40(18-16-39)25-7-11-41(12-8-25)32(45)29(21-23-19-27(35)31(44)28(36)20-23)37-33(46)42-13-9-26(10-14-42)43-22-30(38-34(43)47)24-5-3-2-4-6-24/h2-6,19-20,22,25-26,29,44H,7-18,21H2,1H3,(H,37,46)(H,38,47)/t29-/m1/s1. The molecule has 3 amide bonds. The minimum Gasteiger partial charge on any atom is -0.506 e. The molecule has 6 rings (SSSR count). The molecule has 47 heavy (non-hydrogen) atoms. The number of carbonyl (C=O) groups excluding carboxylic acids is 2. The number of nitrogens with one attached hydrogen (secondary N) is 2. The third-order valence-corrected chi connectivity index (χ3v) is 11.1. The van der Waals surface area contributed by atoms with Gasteiger partial charge in [0, 0.05) is 77.1 Å². The molecule has 4 heterocycles. The van der Waals surface area contributed by atoms with Gasteiger partial charge in [-0.15, -0.1) is 0 Å². The number of carbonyl (C=O) groups is 2. The number of piperidine rings is 2. The molecule has 1 atom stereocenters. The smallest absolute Gasteiger partial charge is 0.326 e. The Kier molecular flexibility index (Phi) is 10.7. The van der Waals surface area contributed by atoms with E-state index >= 15 is 0 Å². The maximum atomic E-state index is 14.0. The van der Waals surface area contributed by atoms with Crippen LogP contribution in [0.25, 0.3) is 11.3 Å². The Hall–Kier alpha value is -3.13. The summed E-state index contributed by atoms with van der Waals surface area (Å²) in [7, 11) is 2.16. The van der Waals surface area contributed by atoms with Crippen molar-refractivity contribution in [3.63, 3.8) is 0 Å². The molecular formula is C34H43Br2N7O4. The van der Waals surface area contributed by atoms with Crippen molar-refractivity contribution in [2.75, 3.05) is 59.4 Å². The lowest BCUT2D eigenvalue weighted by molar-refractivity contribution is -0.135. The van der Waals surface area contributed by atoms with E-state index in [1.165, 1.54) is 0 Å². The Balaban J connectivity index is 1.10. The second-order valence-electron chi connectivity index (χ2n) is 13.0. The molecule has 0 radical (unpaired) electrons. The molecule has 0 spiro atoms. The lowest BCUT2D eigenvalue weighted by atomic mass is 9.99. The number of halogens is 2. The monoisotopic (exact) mass is 771 g/mol. The minimum atomic E-state index is -0.760. The number of aromatic amines is 1. The van der Waals surface area contributed by atoms with Gasteiger partial charge in [0.15, 0.2) is 0 Å². The maximum absolute atomic E-state index is 14.0. The van der Waals surface area contributed by atoms with Crippen LogP contribution in [0.15, 0.2) is 62.4 Å². The van der Waals surface area contributed by atoms with Crippen LogP contribution in [-0.2, 0) is 11.2 Å². The molecule has 252 valence electrons. The van der Waals surface area contributed by atoms with Crippen LogP contribution in [0, 0.1) is 0 Å². The molecule has 3 aliphatic rings. The van der Waals surface area contributed by atoms with Gasteiger partial charge < -0.3 is 30.1 Å². The van der Waals surface area contributed by atoms with Gasteiger partial charge in [-0.05, 0) is 87.9 Å². The first-order chi connectivity index (χ1) is 22.7. The van der Waals surface area contributed by atoms with Crippen molar-refractivity contribution in [3.8, 4) is 17.0 Å². The number of rotatable bonds is 7. The van der Waals surface area contributed by atoms with Crippen LogP contribution < -0.4 is 11.0 Å². The predicted molar refractivity (Wildman–Crippen MR) is 189 cm³/mol. The van der Waals surface area contributed by atoms with Crippen molar-refractivity contribution in [2.24, 2.45) is 0 Å². The molecule has 0 saturated carbocycles. The fourth-order valence-corrected chi connectivity index (χ4v) is 8.34. The Morgan fingerprint density at radius 1 is 0.894 bits per heavy atom. The van der Waals surface area contributed by atoms with E-state index in [4.69, 9.17) is 0 Å². The molecule has 3 aliphatic heterocycles. The number of piperazine rings is 1. The number of aromatic hydroxyl groups is 1. The molecule has 3 N–H and O–H groups in total. The number of H-pyrrole nitrogens is 1. The number of imidazole rings is 1. The molecule has 0 aliphatic carbocycles. The number of amides is 3. The Morgan fingerprint density at radius 3 is 2.13 bits per heavy atom. The fraction of sp³-hybridized carbons (Fsp3) is 0.500. The first-order valence-electron chi connectivity index (χ1n) is 16.5. The van der Waals surface area contributed by atoms with E-state index in [0.29, 0.717) is 54.0 Å². The minimum absolute atomic E-state index is 0.0222. The van der Waals surface area contributed by atoms with Crippen molar-refractivity contribution in [1.29, 1.82) is 0 Å². The lowest BCUT2D eigenvalue weighted by Gasteiger charge is -2.42. The zero-order chi connectivity index (χ0) is 33.1. The average molecular weight is 774 g/mol. The molecule has 3 fully saturated rings. The summed E-state index contributed by atoms with van der Waals surface area (Å²) in [6, 6.07) is 12.7. The lowest BCUT2D eigenvalue weighted by Crippen LogP contribution is -2.57. The van der Waals surface area contributed by atoms with Crippen molar-refractivity contribution in [1.82, 2.24) is 34.5 Å². The van der Waals surface area contributed by atoms with E-state index in [0.717, 1.165) is 55.8 Å². The van der Waals surface area contributed by atoms with Crippen molar-refractivity contribution >= 4 is 43.8 Å². The molecule has 3 saturated heterocycles. The van der Waals surface area contributed by atoms with Gasteiger partial charge in [-0.2, -0.15) is 0 Å². The third-order valence-electron chi connectivity index (χ3n) is 9.92. The largest absolute Gasteiger partial charge is 0.506 e. The number of phenols is 1.